The smallest absolute Gasteiger partial charge is 0.296 e. The van der Waals surface area contributed by atoms with Crippen molar-refractivity contribution >= 4 is 23.4 Å². The second-order valence-corrected chi connectivity index (χ2v) is 6.45. The molecule has 0 radical (unpaired) electrons. The third-order valence-electron chi connectivity index (χ3n) is 3.33. The Morgan fingerprint density at radius 1 is 1.45 bits per heavy atom. The van der Waals surface area contributed by atoms with E-state index in [1.54, 1.807) is 11.0 Å². The zero-order valence-electron chi connectivity index (χ0n) is 11.5. The van der Waals surface area contributed by atoms with Gasteiger partial charge in [-0.15, -0.1) is 11.8 Å². The van der Waals surface area contributed by atoms with Crippen LogP contribution in [-0.2, 0) is 0 Å². The van der Waals surface area contributed by atoms with Gasteiger partial charge in [-0.25, -0.2) is 0 Å². The zero-order valence-corrected chi connectivity index (χ0v) is 12.3. The average molecular weight is 288 g/mol. The summed E-state index contributed by atoms with van der Waals surface area (Å²) in [4.78, 5) is 15.6. The van der Waals surface area contributed by atoms with E-state index in [1.807, 2.05) is 36.9 Å². The summed E-state index contributed by atoms with van der Waals surface area (Å²) in [7, 11) is 0. The van der Waals surface area contributed by atoms with Crippen LogP contribution >= 0.6 is 11.8 Å². The van der Waals surface area contributed by atoms with Crippen LogP contribution in [0.15, 0.2) is 39.8 Å². The average Bonchev–Trinajstić information content (AvgIpc) is 2.79. The highest BCUT2D eigenvalue weighted by Crippen LogP contribution is 2.37. The molecule has 0 aliphatic carbocycles. The molecule has 0 saturated heterocycles. The van der Waals surface area contributed by atoms with Gasteiger partial charge in [0.05, 0.1) is 11.4 Å². The maximum Gasteiger partial charge on any atom is 0.296 e. The second kappa shape index (κ2) is 5.32. The predicted molar refractivity (Wildman–Crippen MR) is 79.3 cm³/mol. The molecule has 20 heavy (non-hydrogen) atoms. The molecule has 2 aromatic rings. The lowest BCUT2D eigenvalue weighted by molar-refractivity contribution is 0.0950. The van der Waals surface area contributed by atoms with Crippen molar-refractivity contribution in [2.75, 3.05) is 11.4 Å². The molecule has 0 spiro atoms. The zero-order chi connectivity index (χ0) is 14.1. The number of anilines is 1. The van der Waals surface area contributed by atoms with Crippen molar-refractivity contribution in [3.63, 3.8) is 0 Å². The first-order valence-corrected chi connectivity index (χ1v) is 7.54. The molecule has 0 fully saturated rings. The molecule has 3 rings (SSSR count). The summed E-state index contributed by atoms with van der Waals surface area (Å²) in [5, 5.41) is 4.29. The Morgan fingerprint density at radius 2 is 2.25 bits per heavy atom. The van der Waals surface area contributed by atoms with Gasteiger partial charge in [-0.2, -0.15) is 0 Å². The third kappa shape index (κ3) is 2.45. The van der Waals surface area contributed by atoms with E-state index in [-0.39, 0.29) is 5.91 Å². The van der Waals surface area contributed by atoms with Crippen LogP contribution in [0.2, 0.25) is 0 Å². The molecule has 1 aliphatic heterocycles. The Labute approximate surface area is 122 Å². The van der Waals surface area contributed by atoms with Gasteiger partial charge in [-0.3, -0.25) is 4.79 Å². The van der Waals surface area contributed by atoms with Crippen LogP contribution in [0.5, 0.6) is 0 Å². The van der Waals surface area contributed by atoms with Crippen LogP contribution in [0.1, 0.15) is 29.6 Å². The van der Waals surface area contributed by atoms with Crippen molar-refractivity contribution < 1.29 is 9.32 Å². The summed E-state index contributed by atoms with van der Waals surface area (Å²) in [5.74, 6) is 0.185. The number of amides is 1. The van der Waals surface area contributed by atoms with E-state index < -0.39 is 0 Å². The second-order valence-electron chi connectivity index (χ2n) is 4.97. The summed E-state index contributed by atoms with van der Waals surface area (Å²) in [6.45, 7) is 4.70. The van der Waals surface area contributed by atoms with E-state index in [1.165, 1.54) is 0 Å². The summed E-state index contributed by atoms with van der Waals surface area (Å²) in [5.41, 5.74) is 1.68. The maximum absolute atomic E-state index is 12.6. The minimum Gasteiger partial charge on any atom is -0.351 e. The minimum absolute atomic E-state index is 0.118. The number of para-hydroxylation sites is 1. The Bertz CT molecular complexity index is 638. The lowest BCUT2D eigenvalue weighted by Crippen LogP contribution is -2.32. The third-order valence-corrected chi connectivity index (χ3v) is 4.56. The number of carbonyl (C=O) groups is 1. The quantitative estimate of drug-likeness (QED) is 0.805. The van der Waals surface area contributed by atoms with Crippen molar-refractivity contribution in [2.45, 2.75) is 30.4 Å². The standard InChI is InChI=1S/C15H16N2O2S/c1-10-9-13(19-16-10)15(18)17-8-7-11(2)20-14-6-4-3-5-12(14)17/h3-6,9,11H,7-8H2,1-2H3/t11-/m1/s1. The van der Waals surface area contributed by atoms with E-state index in [4.69, 9.17) is 4.52 Å². The molecule has 104 valence electrons. The predicted octanol–water partition coefficient (Wildman–Crippen LogP) is 3.51. The first-order valence-electron chi connectivity index (χ1n) is 6.66. The first-order chi connectivity index (χ1) is 9.65. The lowest BCUT2D eigenvalue weighted by atomic mass is 10.2. The van der Waals surface area contributed by atoms with E-state index >= 15 is 0 Å². The van der Waals surface area contributed by atoms with Gasteiger partial charge in [-0.05, 0) is 25.5 Å². The molecule has 1 amide bonds. The van der Waals surface area contributed by atoms with Gasteiger partial charge in [0.1, 0.15) is 0 Å². The normalized spacial score (nSPS) is 18.5. The number of hydrogen-bond donors (Lipinski definition) is 0. The molecule has 0 N–H and O–H groups in total. The van der Waals surface area contributed by atoms with Gasteiger partial charge < -0.3 is 9.42 Å². The molecule has 5 heteroatoms. The Kier molecular flexibility index (Phi) is 3.53. The lowest BCUT2D eigenvalue weighted by Gasteiger charge is -2.20. The molecule has 0 bridgehead atoms. The van der Waals surface area contributed by atoms with E-state index in [2.05, 4.69) is 18.1 Å². The Balaban J connectivity index is 1.99. The fourth-order valence-corrected chi connectivity index (χ4v) is 3.41. The molecule has 1 aromatic carbocycles. The molecular weight excluding hydrogens is 272 g/mol. The number of rotatable bonds is 1. The summed E-state index contributed by atoms with van der Waals surface area (Å²) in [6, 6.07) is 9.70. The molecule has 1 aromatic heterocycles. The van der Waals surface area contributed by atoms with E-state index in [0.717, 1.165) is 22.7 Å². The number of carbonyl (C=O) groups excluding carboxylic acids is 1. The largest absolute Gasteiger partial charge is 0.351 e. The Morgan fingerprint density at radius 3 is 3.00 bits per heavy atom. The van der Waals surface area contributed by atoms with Gasteiger partial charge >= 0.3 is 0 Å². The molecule has 0 saturated carbocycles. The summed E-state index contributed by atoms with van der Waals surface area (Å²) >= 11 is 1.81. The minimum atomic E-state index is -0.118. The van der Waals surface area contributed by atoms with Crippen LogP contribution in [0.4, 0.5) is 5.69 Å². The fraction of sp³-hybridized carbons (Fsp3) is 0.333. The van der Waals surface area contributed by atoms with Crippen LogP contribution in [-0.4, -0.2) is 22.9 Å². The number of thioether (sulfide) groups is 1. The number of fused-ring (bicyclic) bond motifs is 1. The van der Waals surface area contributed by atoms with Gasteiger partial charge in [0.2, 0.25) is 5.76 Å². The maximum atomic E-state index is 12.6. The van der Waals surface area contributed by atoms with Crippen molar-refractivity contribution in [1.29, 1.82) is 0 Å². The highest BCUT2D eigenvalue weighted by molar-refractivity contribution is 8.00. The monoisotopic (exact) mass is 288 g/mol. The van der Waals surface area contributed by atoms with Crippen molar-refractivity contribution in [3.05, 3.63) is 41.8 Å². The Hall–Kier alpha value is -1.75. The molecule has 1 aliphatic rings. The summed E-state index contributed by atoms with van der Waals surface area (Å²) in [6.07, 6.45) is 0.957. The highest BCUT2D eigenvalue weighted by atomic mass is 32.2. The molecule has 0 unspecified atom stereocenters. The van der Waals surface area contributed by atoms with Crippen LogP contribution in [0.25, 0.3) is 0 Å². The van der Waals surface area contributed by atoms with Crippen LogP contribution in [0, 0.1) is 6.92 Å². The van der Waals surface area contributed by atoms with Gasteiger partial charge in [0.25, 0.3) is 5.91 Å². The van der Waals surface area contributed by atoms with Gasteiger partial charge in [-0.1, -0.05) is 24.2 Å². The van der Waals surface area contributed by atoms with E-state index in [0.29, 0.717) is 17.6 Å². The van der Waals surface area contributed by atoms with Gasteiger partial charge in [0.15, 0.2) is 0 Å². The first kappa shape index (κ1) is 13.2. The number of benzene rings is 1. The number of nitrogens with zero attached hydrogens (tertiary/aromatic N) is 2. The highest BCUT2D eigenvalue weighted by Gasteiger charge is 2.27. The van der Waals surface area contributed by atoms with E-state index in [9.17, 15) is 4.79 Å². The van der Waals surface area contributed by atoms with Crippen molar-refractivity contribution in [2.24, 2.45) is 0 Å². The molecular formula is C15H16N2O2S. The summed E-state index contributed by atoms with van der Waals surface area (Å²) < 4.78 is 5.11. The number of aromatic nitrogens is 1. The van der Waals surface area contributed by atoms with Crippen molar-refractivity contribution in [3.8, 4) is 0 Å². The number of aryl methyl sites for hydroxylation is 1. The fourth-order valence-electron chi connectivity index (χ4n) is 2.30. The SMILES string of the molecule is Cc1cc(C(=O)N2CC[C@@H](C)Sc3ccccc32)on1. The van der Waals surface area contributed by atoms with Crippen LogP contribution in [0.3, 0.4) is 0 Å². The molecule has 4 nitrogen and oxygen atoms in total. The number of hydrogen-bond acceptors (Lipinski definition) is 4. The van der Waals surface area contributed by atoms with Gasteiger partial charge in [0, 0.05) is 22.8 Å². The topological polar surface area (TPSA) is 46.3 Å². The molecule has 1 atom stereocenters. The molecule has 2 heterocycles. The van der Waals surface area contributed by atoms with Crippen LogP contribution < -0.4 is 4.90 Å². The van der Waals surface area contributed by atoms with Crippen molar-refractivity contribution in [1.82, 2.24) is 5.16 Å².